The van der Waals surface area contributed by atoms with Crippen LogP contribution in [0.5, 0.6) is 5.75 Å². The number of aromatic nitrogens is 3. The van der Waals surface area contributed by atoms with Crippen molar-refractivity contribution in [3.05, 3.63) is 59.1 Å². The zero-order valence-corrected chi connectivity index (χ0v) is 14.3. The zero-order chi connectivity index (χ0) is 17.8. The van der Waals surface area contributed by atoms with Crippen molar-refractivity contribution in [2.75, 3.05) is 6.61 Å². The van der Waals surface area contributed by atoms with Crippen molar-refractivity contribution in [2.24, 2.45) is 0 Å². The Labute approximate surface area is 149 Å². The lowest BCUT2D eigenvalue weighted by Crippen LogP contribution is -2.06. The Morgan fingerprint density at radius 3 is 2.84 bits per heavy atom. The smallest absolute Gasteiger partial charge is 0.330 e. The molecule has 0 fully saturated rings. The molecule has 128 valence electrons. The van der Waals surface area contributed by atoms with Crippen LogP contribution in [0.25, 0.3) is 16.7 Å². The lowest BCUT2D eigenvalue weighted by Gasteiger charge is -2.07. The third-order valence-corrected chi connectivity index (χ3v) is 3.77. The van der Waals surface area contributed by atoms with Gasteiger partial charge in [0.2, 0.25) is 0 Å². The van der Waals surface area contributed by atoms with E-state index >= 15 is 0 Å². The average Bonchev–Trinajstić information content (AvgIpc) is 2.99. The van der Waals surface area contributed by atoms with Crippen LogP contribution in [-0.2, 0) is 16.0 Å². The highest BCUT2D eigenvalue weighted by Gasteiger charge is 2.10. The number of hydrogen-bond acceptors (Lipinski definition) is 5. The molecule has 0 saturated heterocycles. The van der Waals surface area contributed by atoms with E-state index in [1.807, 2.05) is 0 Å². The molecule has 2 aromatic carbocycles. The molecule has 3 rings (SSSR count). The maximum atomic E-state index is 11.3. The van der Waals surface area contributed by atoms with E-state index in [1.165, 1.54) is 10.9 Å². The molecule has 0 unspecified atom stereocenters. The summed E-state index contributed by atoms with van der Waals surface area (Å²) in [5.41, 5.74) is 2.65. The fourth-order valence-electron chi connectivity index (χ4n) is 2.33. The Morgan fingerprint density at radius 1 is 1.24 bits per heavy atom. The molecule has 0 aliphatic heterocycles. The predicted molar refractivity (Wildman–Crippen MR) is 95.0 cm³/mol. The van der Waals surface area contributed by atoms with Crippen molar-refractivity contribution in [3.63, 3.8) is 0 Å². The van der Waals surface area contributed by atoms with Crippen molar-refractivity contribution < 1.29 is 14.6 Å². The van der Waals surface area contributed by atoms with Crippen LogP contribution in [0.15, 0.2) is 48.6 Å². The summed E-state index contributed by atoms with van der Waals surface area (Å²) in [6.07, 6.45) is 3.51. The maximum Gasteiger partial charge on any atom is 0.330 e. The standard InChI is InChI=1S/C18H16ClN3O3/c1-2-3-18(24)25-9-8-12-4-7-17(23)16(10-12)22-20-14-6-5-13(19)11-15(14)21-22/h2-7,10-11,23H,8-9H2,1H3. The van der Waals surface area contributed by atoms with Crippen LogP contribution in [0.4, 0.5) is 0 Å². The molecule has 0 aliphatic carbocycles. The molecular weight excluding hydrogens is 342 g/mol. The number of ether oxygens (including phenoxy) is 1. The Kier molecular flexibility index (Phi) is 5.00. The molecule has 0 radical (unpaired) electrons. The number of rotatable bonds is 5. The van der Waals surface area contributed by atoms with Gasteiger partial charge in [-0.15, -0.1) is 15.0 Å². The van der Waals surface area contributed by atoms with Gasteiger partial charge in [-0.2, -0.15) is 0 Å². The predicted octanol–water partition coefficient (Wildman–Crippen LogP) is 3.44. The molecule has 1 aromatic heterocycles. The number of carbonyl (C=O) groups excluding carboxylic acids is 1. The highest BCUT2D eigenvalue weighted by Crippen LogP contribution is 2.24. The first kappa shape index (κ1) is 17.0. The van der Waals surface area contributed by atoms with Gasteiger partial charge >= 0.3 is 5.97 Å². The molecule has 0 bridgehead atoms. The van der Waals surface area contributed by atoms with Gasteiger partial charge in [0.05, 0.1) is 6.61 Å². The van der Waals surface area contributed by atoms with Crippen molar-refractivity contribution >= 4 is 28.6 Å². The summed E-state index contributed by atoms with van der Waals surface area (Å²) in [7, 11) is 0. The van der Waals surface area contributed by atoms with Gasteiger partial charge in [-0.3, -0.25) is 0 Å². The number of esters is 1. The lowest BCUT2D eigenvalue weighted by atomic mass is 10.1. The van der Waals surface area contributed by atoms with E-state index < -0.39 is 0 Å². The van der Waals surface area contributed by atoms with Crippen LogP contribution in [-0.4, -0.2) is 32.7 Å². The third kappa shape index (κ3) is 3.97. The number of benzene rings is 2. The van der Waals surface area contributed by atoms with E-state index in [0.29, 0.717) is 28.2 Å². The Hall–Kier alpha value is -2.86. The second-order valence-electron chi connectivity index (χ2n) is 5.36. The van der Waals surface area contributed by atoms with Gasteiger partial charge in [0.15, 0.2) is 0 Å². The zero-order valence-electron chi connectivity index (χ0n) is 13.5. The maximum absolute atomic E-state index is 11.3. The van der Waals surface area contributed by atoms with Crippen molar-refractivity contribution in [3.8, 4) is 11.4 Å². The van der Waals surface area contributed by atoms with Crippen LogP contribution in [0.3, 0.4) is 0 Å². The molecular formula is C18H16ClN3O3. The van der Waals surface area contributed by atoms with E-state index in [2.05, 4.69) is 10.2 Å². The summed E-state index contributed by atoms with van der Waals surface area (Å²) in [4.78, 5) is 12.7. The molecule has 1 heterocycles. The first-order valence-electron chi connectivity index (χ1n) is 7.71. The SMILES string of the molecule is CC=CC(=O)OCCc1ccc(O)c(-n2nc3ccc(Cl)cc3n2)c1. The highest BCUT2D eigenvalue weighted by atomic mass is 35.5. The highest BCUT2D eigenvalue weighted by molar-refractivity contribution is 6.31. The van der Waals surface area contributed by atoms with E-state index in [0.717, 1.165) is 5.56 Å². The summed E-state index contributed by atoms with van der Waals surface area (Å²) in [6.45, 7) is 2.00. The minimum atomic E-state index is -0.377. The largest absolute Gasteiger partial charge is 0.506 e. The van der Waals surface area contributed by atoms with Gasteiger partial charge in [-0.1, -0.05) is 23.7 Å². The van der Waals surface area contributed by atoms with Gasteiger partial charge in [0.1, 0.15) is 22.5 Å². The fourth-order valence-corrected chi connectivity index (χ4v) is 2.50. The number of fused-ring (bicyclic) bond motifs is 1. The summed E-state index contributed by atoms with van der Waals surface area (Å²) >= 11 is 5.96. The molecule has 25 heavy (non-hydrogen) atoms. The molecule has 0 saturated carbocycles. The van der Waals surface area contributed by atoms with Crippen molar-refractivity contribution in [1.29, 1.82) is 0 Å². The number of phenolic OH excluding ortho intramolecular Hbond substituents is 1. The Balaban J connectivity index is 1.82. The number of phenols is 1. The van der Waals surface area contributed by atoms with Crippen LogP contribution < -0.4 is 0 Å². The van der Waals surface area contributed by atoms with E-state index in [4.69, 9.17) is 16.3 Å². The number of hydrogen-bond donors (Lipinski definition) is 1. The number of halogens is 1. The number of nitrogens with zero attached hydrogens (tertiary/aromatic N) is 3. The molecule has 0 atom stereocenters. The van der Waals surface area contributed by atoms with E-state index in [9.17, 15) is 9.90 Å². The second kappa shape index (κ2) is 7.36. The molecule has 0 spiro atoms. The Bertz CT molecular complexity index is 950. The minimum absolute atomic E-state index is 0.0565. The van der Waals surface area contributed by atoms with Gasteiger partial charge in [0.25, 0.3) is 0 Å². The normalized spacial score (nSPS) is 11.3. The molecule has 0 amide bonds. The van der Waals surface area contributed by atoms with Crippen LogP contribution in [0.1, 0.15) is 12.5 Å². The number of aromatic hydroxyl groups is 1. The first-order valence-corrected chi connectivity index (χ1v) is 8.09. The van der Waals surface area contributed by atoms with Crippen molar-refractivity contribution in [1.82, 2.24) is 15.0 Å². The average molecular weight is 358 g/mol. The molecule has 6 nitrogen and oxygen atoms in total. The van der Waals surface area contributed by atoms with Gasteiger partial charge in [-0.25, -0.2) is 4.79 Å². The topological polar surface area (TPSA) is 77.2 Å². The van der Waals surface area contributed by atoms with Crippen molar-refractivity contribution in [2.45, 2.75) is 13.3 Å². The number of carbonyl (C=O) groups is 1. The first-order chi connectivity index (χ1) is 12.1. The van der Waals surface area contributed by atoms with E-state index in [-0.39, 0.29) is 18.3 Å². The fraction of sp³-hybridized carbons (Fsp3) is 0.167. The molecule has 7 heteroatoms. The third-order valence-electron chi connectivity index (χ3n) is 3.54. The monoisotopic (exact) mass is 357 g/mol. The molecule has 1 N–H and O–H groups in total. The second-order valence-corrected chi connectivity index (χ2v) is 5.80. The Morgan fingerprint density at radius 2 is 2.04 bits per heavy atom. The van der Waals surface area contributed by atoms with Gasteiger partial charge in [-0.05, 0) is 42.8 Å². The molecule has 0 aliphatic rings. The minimum Gasteiger partial charge on any atom is -0.506 e. The number of allylic oxidation sites excluding steroid dienone is 1. The van der Waals surface area contributed by atoms with Gasteiger partial charge < -0.3 is 9.84 Å². The summed E-state index contributed by atoms with van der Waals surface area (Å²) in [6, 6.07) is 10.3. The van der Waals surface area contributed by atoms with Crippen LogP contribution in [0, 0.1) is 0 Å². The van der Waals surface area contributed by atoms with E-state index in [1.54, 1.807) is 49.4 Å². The van der Waals surface area contributed by atoms with Gasteiger partial charge in [0, 0.05) is 17.5 Å². The lowest BCUT2D eigenvalue weighted by molar-refractivity contribution is -0.137. The summed E-state index contributed by atoms with van der Waals surface area (Å²) in [5.74, 6) is -0.320. The summed E-state index contributed by atoms with van der Waals surface area (Å²) < 4.78 is 5.08. The van der Waals surface area contributed by atoms with Crippen LogP contribution in [0.2, 0.25) is 5.02 Å². The molecule has 3 aromatic rings. The van der Waals surface area contributed by atoms with Crippen LogP contribution >= 0.6 is 11.6 Å². The quantitative estimate of drug-likeness (QED) is 0.559. The summed E-state index contributed by atoms with van der Waals surface area (Å²) in [5, 5.41) is 19.4.